The SMILES string of the molecule is CNc1c(-c2c(Br)cc(C(F)(C(F)(F)F)C(F)(F)C(F)(F)F)cc2Br)ccc(C(N)=O)c1F. The number of benzene rings is 2. The molecule has 2 aromatic rings. The molecule has 3 N–H and O–H groups in total. The minimum atomic E-state index is -6.89. The van der Waals surface area contributed by atoms with Gasteiger partial charge >= 0.3 is 23.9 Å². The minimum Gasteiger partial charge on any atom is -0.385 e. The molecule has 3 nitrogen and oxygen atoms in total. The second-order valence-corrected chi connectivity index (χ2v) is 8.22. The van der Waals surface area contributed by atoms with Crippen molar-refractivity contribution in [3.63, 3.8) is 0 Å². The molecule has 1 atom stereocenters. The number of carbonyl (C=O) groups is 1. The topological polar surface area (TPSA) is 55.1 Å². The number of amides is 1. The smallest absolute Gasteiger partial charge is 0.385 e. The summed E-state index contributed by atoms with van der Waals surface area (Å²) in [4.78, 5) is 11.3. The van der Waals surface area contributed by atoms with Crippen molar-refractivity contribution >= 4 is 43.5 Å². The molecule has 2 rings (SSSR count). The largest absolute Gasteiger partial charge is 0.457 e. The molecule has 182 valence electrons. The van der Waals surface area contributed by atoms with Gasteiger partial charge in [-0.1, -0.05) is 37.9 Å². The van der Waals surface area contributed by atoms with Crippen molar-refractivity contribution in [3.8, 4) is 11.1 Å². The number of halogens is 12. The predicted octanol–water partition coefficient (Wildman–Crippen LogP) is 7.08. The van der Waals surface area contributed by atoms with Gasteiger partial charge in [-0.25, -0.2) is 8.78 Å². The van der Waals surface area contributed by atoms with Crippen LogP contribution in [0.1, 0.15) is 15.9 Å². The summed E-state index contributed by atoms with van der Waals surface area (Å²) >= 11 is 5.43. The molecule has 0 spiro atoms. The normalized spacial score (nSPS) is 14.7. The van der Waals surface area contributed by atoms with Gasteiger partial charge in [-0.15, -0.1) is 0 Å². The molecular formula is C18H10Br2F10N2O. The van der Waals surface area contributed by atoms with Crippen LogP contribution in [0.25, 0.3) is 11.1 Å². The molecule has 0 aliphatic rings. The van der Waals surface area contributed by atoms with Crippen LogP contribution in [-0.2, 0) is 5.67 Å². The highest BCUT2D eigenvalue weighted by molar-refractivity contribution is 9.11. The molecule has 0 aromatic heterocycles. The molecule has 0 saturated carbocycles. The van der Waals surface area contributed by atoms with Crippen molar-refractivity contribution in [2.24, 2.45) is 5.73 Å². The van der Waals surface area contributed by atoms with Gasteiger partial charge in [0.05, 0.1) is 11.3 Å². The van der Waals surface area contributed by atoms with E-state index in [0.29, 0.717) is 0 Å². The maximum atomic E-state index is 14.8. The van der Waals surface area contributed by atoms with E-state index in [1.165, 1.54) is 7.05 Å². The van der Waals surface area contributed by atoms with E-state index in [4.69, 9.17) is 5.73 Å². The molecule has 15 heteroatoms. The predicted molar refractivity (Wildman–Crippen MR) is 105 cm³/mol. The second kappa shape index (κ2) is 8.64. The summed E-state index contributed by atoms with van der Waals surface area (Å²) in [6, 6.07) is 2.14. The first-order chi connectivity index (χ1) is 14.8. The zero-order valence-corrected chi connectivity index (χ0v) is 19.0. The lowest BCUT2D eigenvalue weighted by atomic mass is 9.86. The minimum absolute atomic E-state index is 0.0760. The Bertz CT molecular complexity index is 1080. The molecule has 1 amide bonds. The van der Waals surface area contributed by atoms with Crippen LogP contribution in [0.2, 0.25) is 0 Å². The number of hydrogen-bond acceptors (Lipinski definition) is 2. The van der Waals surface area contributed by atoms with E-state index in [9.17, 15) is 48.7 Å². The summed E-state index contributed by atoms with van der Waals surface area (Å²) in [5.41, 5.74) is -4.61. The summed E-state index contributed by atoms with van der Waals surface area (Å²) in [6.07, 6.45) is -13.6. The average molecular weight is 620 g/mol. The third-order valence-electron chi connectivity index (χ3n) is 4.55. The van der Waals surface area contributed by atoms with Gasteiger partial charge in [0, 0.05) is 32.7 Å². The van der Waals surface area contributed by atoms with Crippen LogP contribution < -0.4 is 11.1 Å². The molecule has 0 aliphatic heterocycles. The Morgan fingerprint density at radius 3 is 1.76 bits per heavy atom. The molecule has 0 fully saturated rings. The first-order valence-corrected chi connectivity index (χ1v) is 9.91. The Hall–Kier alpha value is -2.03. The Morgan fingerprint density at radius 1 is 0.909 bits per heavy atom. The fourth-order valence-electron chi connectivity index (χ4n) is 2.97. The van der Waals surface area contributed by atoms with Crippen molar-refractivity contribution in [3.05, 3.63) is 50.2 Å². The number of nitrogens with one attached hydrogen (secondary N) is 1. The van der Waals surface area contributed by atoms with Gasteiger partial charge in [-0.2, -0.15) is 35.1 Å². The highest BCUT2D eigenvalue weighted by atomic mass is 79.9. The summed E-state index contributed by atoms with van der Waals surface area (Å²) < 4.78 is 134. The standard InChI is InChI=1S/C18H10Br2F10N2O/c1-32-13-7(2-3-8(12(13)21)14(31)33)11-9(19)4-6(5-10(11)20)15(22,17(25,26)27)16(23,24)18(28,29)30/h2-5,32H,1H3,(H2,31,33). The number of nitrogens with two attached hydrogens (primary N) is 1. The molecule has 2 aromatic carbocycles. The van der Waals surface area contributed by atoms with Crippen molar-refractivity contribution in [1.29, 1.82) is 0 Å². The lowest BCUT2D eigenvalue weighted by molar-refractivity contribution is -0.389. The molecule has 0 bridgehead atoms. The van der Waals surface area contributed by atoms with Crippen molar-refractivity contribution in [2.75, 3.05) is 12.4 Å². The monoisotopic (exact) mass is 618 g/mol. The van der Waals surface area contributed by atoms with Crippen molar-refractivity contribution in [1.82, 2.24) is 0 Å². The highest BCUT2D eigenvalue weighted by Gasteiger charge is 2.81. The summed E-state index contributed by atoms with van der Waals surface area (Å²) in [5.74, 6) is -9.20. The van der Waals surface area contributed by atoms with E-state index in [0.717, 1.165) is 12.1 Å². The van der Waals surface area contributed by atoms with Crippen LogP contribution in [0.3, 0.4) is 0 Å². The number of primary amides is 1. The maximum absolute atomic E-state index is 14.8. The van der Waals surface area contributed by atoms with Crippen LogP contribution in [-0.4, -0.2) is 31.2 Å². The number of carbonyl (C=O) groups excluding carboxylic acids is 1. The lowest BCUT2D eigenvalue weighted by Gasteiger charge is -2.36. The van der Waals surface area contributed by atoms with E-state index >= 15 is 0 Å². The third-order valence-corrected chi connectivity index (χ3v) is 5.80. The van der Waals surface area contributed by atoms with Gasteiger partial charge in [0.1, 0.15) is 0 Å². The highest BCUT2D eigenvalue weighted by Crippen LogP contribution is 2.59. The second-order valence-electron chi connectivity index (χ2n) is 6.51. The molecule has 0 radical (unpaired) electrons. The summed E-state index contributed by atoms with van der Waals surface area (Å²) in [7, 11) is 1.20. The number of anilines is 1. The zero-order valence-electron chi connectivity index (χ0n) is 15.8. The first kappa shape index (κ1) is 27.2. The fourth-order valence-corrected chi connectivity index (χ4v) is 4.58. The molecule has 33 heavy (non-hydrogen) atoms. The van der Waals surface area contributed by atoms with Gasteiger partial charge in [0.25, 0.3) is 5.91 Å². The Morgan fingerprint density at radius 2 is 1.39 bits per heavy atom. The Labute approximate surface area is 195 Å². The Balaban J connectivity index is 2.86. The number of rotatable bonds is 5. The molecule has 1 unspecified atom stereocenters. The van der Waals surface area contributed by atoms with E-state index in [1.54, 1.807) is 0 Å². The van der Waals surface area contributed by atoms with Gasteiger partial charge in [-0.3, -0.25) is 4.79 Å². The van der Waals surface area contributed by atoms with Gasteiger partial charge in [0.15, 0.2) is 5.82 Å². The quantitative estimate of drug-likeness (QED) is 0.352. The first-order valence-electron chi connectivity index (χ1n) is 8.33. The van der Waals surface area contributed by atoms with Crippen LogP contribution in [0.5, 0.6) is 0 Å². The summed E-state index contributed by atoms with van der Waals surface area (Å²) in [6.45, 7) is 0. The van der Waals surface area contributed by atoms with Crippen LogP contribution in [0.4, 0.5) is 49.6 Å². The van der Waals surface area contributed by atoms with Crippen LogP contribution >= 0.6 is 31.9 Å². The number of alkyl halides is 9. The third kappa shape index (κ3) is 4.29. The van der Waals surface area contributed by atoms with Gasteiger partial charge < -0.3 is 11.1 Å². The van der Waals surface area contributed by atoms with E-state index in [-0.39, 0.29) is 23.3 Å². The van der Waals surface area contributed by atoms with E-state index < -0.39 is 61.4 Å². The molecule has 0 heterocycles. The van der Waals surface area contributed by atoms with E-state index in [1.807, 2.05) is 0 Å². The van der Waals surface area contributed by atoms with Crippen molar-refractivity contribution < 1.29 is 48.7 Å². The molecule has 0 aliphatic carbocycles. The molecular weight excluding hydrogens is 610 g/mol. The Kier molecular flexibility index (Phi) is 7.12. The van der Waals surface area contributed by atoms with Crippen LogP contribution in [0.15, 0.2) is 33.2 Å². The van der Waals surface area contributed by atoms with Crippen molar-refractivity contribution in [2.45, 2.75) is 23.9 Å². The lowest BCUT2D eigenvalue weighted by Crippen LogP contribution is -2.59. The van der Waals surface area contributed by atoms with Gasteiger partial charge in [-0.05, 0) is 18.2 Å². The van der Waals surface area contributed by atoms with Gasteiger partial charge in [0.2, 0.25) is 0 Å². The zero-order chi connectivity index (χ0) is 25.7. The maximum Gasteiger partial charge on any atom is 0.457 e. The number of hydrogen-bond donors (Lipinski definition) is 2. The molecule has 0 saturated heterocycles. The average Bonchev–Trinajstić information content (AvgIpc) is 2.64. The fraction of sp³-hybridized carbons (Fsp3) is 0.278. The summed E-state index contributed by atoms with van der Waals surface area (Å²) in [5, 5.41) is 2.38. The van der Waals surface area contributed by atoms with E-state index in [2.05, 4.69) is 37.2 Å². The van der Waals surface area contributed by atoms with Crippen LogP contribution in [0, 0.1) is 5.82 Å².